The molecule has 6 heteroatoms. The van der Waals surface area contributed by atoms with Crippen LogP contribution >= 0.6 is 0 Å². The molecular formula is C22H15N3O3. The zero-order chi connectivity index (χ0) is 19.3. The molecule has 0 atom stereocenters. The summed E-state index contributed by atoms with van der Waals surface area (Å²) in [5, 5.41) is 5.31. The van der Waals surface area contributed by atoms with E-state index in [1.807, 2.05) is 43.3 Å². The molecule has 0 spiro atoms. The van der Waals surface area contributed by atoms with Crippen molar-refractivity contribution in [1.82, 2.24) is 14.8 Å². The molecule has 5 rings (SSSR count). The molecule has 0 bridgehead atoms. The number of fused-ring (bicyclic) bond motifs is 2. The summed E-state index contributed by atoms with van der Waals surface area (Å²) in [5.41, 5.74) is 2.65. The first-order valence-electron chi connectivity index (χ1n) is 8.83. The van der Waals surface area contributed by atoms with E-state index in [-0.39, 0.29) is 16.7 Å². The largest absolute Gasteiger partial charge is 0.439 e. The van der Waals surface area contributed by atoms with Gasteiger partial charge >= 0.3 is 0 Å². The van der Waals surface area contributed by atoms with Gasteiger partial charge in [-0.3, -0.25) is 14.6 Å². The fourth-order valence-corrected chi connectivity index (χ4v) is 3.41. The molecule has 0 fully saturated rings. The number of para-hydroxylation sites is 2. The number of aromatic amines is 1. The monoisotopic (exact) mass is 369 g/mol. The number of hydrogen-bond donors (Lipinski definition) is 1. The molecule has 28 heavy (non-hydrogen) atoms. The lowest BCUT2D eigenvalue weighted by Crippen LogP contribution is -2.14. The van der Waals surface area contributed by atoms with Crippen LogP contribution in [0.4, 0.5) is 0 Å². The quantitative estimate of drug-likeness (QED) is 0.480. The van der Waals surface area contributed by atoms with Crippen LogP contribution in [0.15, 0.2) is 80.7 Å². The van der Waals surface area contributed by atoms with Gasteiger partial charge in [0.1, 0.15) is 5.58 Å². The summed E-state index contributed by atoms with van der Waals surface area (Å²) < 4.78 is 7.44. The number of nitrogens with zero attached hydrogens (tertiary/aromatic N) is 2. The van der Waals surface area contributed by atoms with Gasteiger partial charge in [0.15, 0.2) is 0 Å². The van der Waals surface area contributed by atoms with Crippen molar-refractivity contribution in [3.05, 3.63) is 93.0 Å². The first-order valence-corrected chi connectivity index (χ1v) is 8.83. The fourth-order valence-electron chi connectivity index (χ4n) is 3.41. The molecule has 1 N–H and O–H groups in total. The molecule has 5 aromatic rings. The number of aromatic nitrogens is 3. The number of rotatable bonds is 2. The van der Waals surface area contributed by atoms with Crippen LogP contribution in [0.3, 0.4) is 0 Å². The van der Waals surface area contributed by atoms with Gasteiger partial charge in [0.05, 0.1) is 33.4 Å². The summed E-state index contributed by atoms with van der Waals surface area (Å²) in [4.78, 5) is 28.5. The first-order chi connectivity index (χ1) is 13.6. The maximum atomic E-state index is 12.9. The second-order valence-electron chi connectivity index (χ2n) is 6.60. The second-order valence-corrected chi connectivity index (χ2v) is 6.60. The number of nitrogens with one attached hydrogen (secondary N) is 1. The first kappa shape index (κ1) is 16.3. The molecule has 0 amide bonds. The third kappa shape index (κ3) is 2.46. The van der Waals surface area contributed by atoms with E-state index in [0.717, 1.165) is 11.4 Å². The van der Waals surface area contributed by atoms with E-state index < -0.39 is 0 Å². The van der Waals surface area contributed by atoms with Crippen molar-refractivity contribution in [1.29, 1.82) is 0 Å². The standard InChI is InChI=1S/C22H15N3O3/c1-13-11-18(25(24-13)14-7-3-2-4-8-14)16-12-17-20(26)15-9-5-6-10-19(15)28-22(17)23-21(16)27/h2-12H,1H3,(H,23,27). The highest BCUT2D eigenvalue weighted by molar-refractivity contribution is 5.89. The van der Waals surface area contributed by atoms with Gasteiger partial charge in [0, 0.05) is 0 Å². The van der Waals surface area contributed by atoms with Gasteiger partial charge in [-0.15, -0.1) is 0 Å². The third-order valence-corrected chi connectivity index (χ3v) is 4.70. The van der Waals surface area contributed by atoms with Crippen molar-refractivity contribution < 1.29 is 4.42 Å². The van der Waals surface area contributed by atoms with Gasteiger partial charge in [-0.2, -0.15) is 5.10 Å². The molecule has 0 aliphatic rings. The van der Waals surface area contributed by atoms with E-state index in [2.05, 4.69) is 10.1 Å². The SMILES string of the molecule is Cc1cc(-c2cc3c(=O)c4ccccc4oc3[nH]c2=O)n(-c2ccccc2)n1. The Kier molecular flexibility index (Phi) is 3.52. The Balaban J connectivity index is 1.83. The molecule has 0 aliphatic carbocycles. The third-order valence-electron chi connectivity index (χ3n) is 4.70. The molecule has 0 aliphatic heterocycles. The van der Waals surface area contributed by atoms with E-state index in [1.54, 1.807) is 35.0 Å². The molecule has 2 aromatic carbocycles. The van der Waals surface area contributed by atoms with Crippen molar-refractivity contribution >= 4 is 22.1 Å². The van der Waals surface area contributed by atoms with E-state index in [9.17, 15) is 9.59 Å². The van der Waals surface area contributed by atoms with Crippen LogP contribution in [-0.4, -0.2) is 14.8 Å². The Morgan fingerprint density at radius 2 is 1.68 bits per heavy atom. The van der Waals surface area contributed by atoms with Crippen LogP contribution in [0, 0.1) is 6.92 Å². The normalized spacial score (nSPS) is 11.3. The highest BCUT2D eigenvalue weighted by Crippen LogP contribution is 2.24. The van der Waals surface area contributed by atoms with Gasteiger partial charge in [-0.1, -0.05) is 30.3 Å². The zero-order valence-electron chi connectivity index (χ0n) is 15.0. The fraction of sp³-hybridized carbons (Fsp3) is 0.0455. The number of H-pyrrole nitrogens is 1. The predicted molar refractivity (Wildman–Crippen MR) is 108 cm³/mol. The number of pyridine rings is 1. The van der Waals surface area contributed by atoms with E-state index in [1.165, 1.54) is 0 Å². The maximum absolute atomic E-state index is 12.9. The molecule has 3 heterocycles. The van der Waals surface area contributed by atoms with E-state index in [0.29, 0.717) is 27.6 Å². The summed E-state index contributed by atoms with van der Waals surface area (Å²) in [6.07, 6.45) is 0. The summed E-state index contributed by atoms with van der Waals surface area (Å²) in [6, 6.07) is 19.9. The molecule has 3 aromatic heterocycles. The van der Waals surface area contributed by atoms with Gasteiger partial charge in [0.25, 0.3) is 5.56 Å². The molecule has 0 radical (unpaired) electrons. The highest BCUT2D eigenvalue weighted by Gasteiger charge is 2.16. The average Bonchev–Trinajstić information content (AvgIpc) is 3.10. The zero-order valence-corrected chi connectivity index (χ0v) is 15.0. The van der Waals surface area contributed by atoms with Gasteiger partial charge in [-0.05, 0) is 43.3 Å². The van der Waals surface area contributed by atoms with Crippen LogP contribution in [0.2, 0.25) is 0 Å². The Morgan fingerprint density at radius 1 is 0.929 bits per heavy atom. The minimum atomic E-state index is -0.344. The molecule has 0 saturated carbocycles. The molecule has 0 saturated heterocycles. The van der Waals surface area contributed by atoms with Crippen LogP contribution < -0.4 is 11.0 Å². The predicted octanol–water partition coefficient (Wildman–Crippen LogP) is 3.80. The molecule has 136 valence electrons. The number of aryl methyl sites for hydroxylation is 1. The van der Waals surface area contributed by atoms with E-state index in [4.69, 9.17) is 4.42 Å². The Bertz CT molecular complexity index is 1460. The lowest BCUT2D eigenvalue weighted by Gasteiger charge is -2.08. The smallest absolute Gasteiger partial charge is 0.260 e. The lowest BCUT2D eigenvalue weighted by molar-refractivity contribution is 0.643. The van der Waals surface area contributed by atoms with Crippen molar-refractivity contribution in [2.45, 2.75) is 6.92 Å². The highest BCUT2D eigenvalue weighted by atomic mass is 16.3. The van der Waals surface area contributed by atoms with Gasteiger partial charge in [0.2, 0.25) is 11.1 Å². The minimum absolute atomic E-state index is 0.167. The van der Waals surface area contributed by atoms with Crippen molar-refractivity contribution in [2.24, 2.45) is 0 Å². The number of benzene rings is 2. The minimum Gasteiger partial charge on any atom is -0.439 e. The van der Waals surface area contributed by atoms with E-state index >= 15 is 0 Å². The van der Waals surface area contributed by atoms with Crippen LogP contribution in [-0.2, 0) is 0 Å². The van der Waals surface area contributed by atoms with Crippen LogP contribution in [0.1, 0.15) is 5.69 Å². The summed E-state index contributed by atoms with van der Waals surface area (Å²) in [7, 11) is 0. The summed E-state index contributed by atoms with van der Waals surface area (Å²) in [5.74, 6) is 0. The van der Waals surface area contributed by atoms with Crippen LogP contribution in [0.5, 0.6) is 0 Å². The van der Waals surface area contributed by atoms with Crippen molar-refractivity contribution in [3.8, 4) is 16.9 Å². The summed E-state index contributed by atoms with van der Waals surface area (Å²) in [6.45, 7) is 1.86. The lowest BCUT2D eigenvalue weighted by atomic mass is 10.1. The topological polar surface area (TPSA) is 80.9 Å². The van der Waals surface area contributed by atoms with Crippen LogP contribution in [0.25, 0.3) is 39.0 Å². The second kappa shape index (κ2) is 6.06. The maximum Gasteiger partial charge on any atom is 0.260 e. The molecular weight excluding hydrogens is 354 g/mol. The average molecular weight is 369 g/mol. The Morgan fingerprint density at radius 3 is 2.50 bits per heavy atom. The van der Waals surface area contributed by atoms with Crippen molar-refractivity contribution in [2.75, 3.05) is 0 Å². The van der Waals surface area contributed by atoms with Crippen molar-refractivity contribution in [3.63, 3.8) is 0 Å². The molecule has 6 nitrogen and oxygen atoms in total. The molecule has 0 unspecified atom stereocenters. The number of hydrogen-bond acceptors (Lipinski definition) is 4. The Hall–Kier alpha value is -3.93. The van der Waals surface area contributed by atoms with Gasteiger partial charge in [-0.25, -0.2) is 4.68 Å². The summed E-state index contributed by atoms with van der Waals surface area (Å²) >= 11 is 0. The Labute approximate surface area is 158 Å². The van der Waals surface area contributed by atoms with Gasteiger partial charge < -0.3 is 4.42 Å².